The first kappa shape index (κ1) is 22.2. The standard InChI is InChI=1S/C20H32FN3O4/c1-6-17(25)23-9-7-14(8-10-23)18(26)24-12-15(21)11-16(24)13-22(5)19(27)28-20(2,3)4/h6,14-16H,1,7-13H2,2-5H3/t15-,16-/m0/s1. The molecule has 28 heavy (non-hydrogen) atoms. The number of rotatable bonds is 4. The lowest BCUT2D eigenvalue weighted by Gasteiger charge is -2.35. The number of hydrogen-bond acceptors (Lipinski definition) is 4. The number of carbonyl (C=O) groups excluding carboxylic acids is 3. The summed E-state index contributed by atoms with van der Waals surface area (Å²) in [4.78, 5) is 41.5. The molecule has 158 valence electrons. The predicted molar refractivity (Wildman–Crippen MR) is 103 cm³/mol. The Bertz CT molecular complexity index is 611. The lowest BCUT2D eigenvalue weighted by Crippen LogP contribution is -2.49. The minimum absolute atomic E-state index is 0.0530. The van der Waals surface area contributed by atoms with Gasteiger partial charge in [-0.05, 0) is 39.7 Å². The molecular weight excluding hydrogens is 365 g/mol. The second-order valence-electron chi connectivity index (χ2n) is 8.64. The maximum absolute atomic E-state index is 14.1. The summed E-state index contributed by atoms with van der Waals surface area (Å²) in [6.07, 6.45) is 1.02. The van der Waals surface area contributed by atoms with E-state index in [0.29, 0.717) is 25.9 Å². The van der Waals surface area contributed by atoms with Crippen molar-refractivity contribution in [3.63, 3.8) is 0 Å². The molecule has 0 aliphatic carbocycles. The monoisotopic (exact) mass is 397 g/mol. The van der Waals surface area contributed by atoms with Gasteiger partial charge in [0.05, 0.1) is 12.6 Å². The topological polar surface area (TPSA) is 70.2 Å². The maximum atomic E-state index is 14.1. The lowest BCUT2D eigenvalue weighted by atomic mass is 9.95. The average Bonchev–Trinajstić information content (AvgIpc) is 2.99. The normalized spacial score (nSPS) is 23.5. The van der Waals surface area contributed by atoms with Gasteiger partial charge in [-0.15, -0.1) is 0 Å². The van der Waals surface area contributed by atoms with Gasteiger partial charge in [0.2, 0.25) is 11.8 Å². The number of carbonyl (C=O) groups is 3. The first-order chi connectivity index (χ1) is 13.0. The van der Waals surface area contributed by atoms with Gasteiger partial charge in [0.15, 0.2) is 0 Å². The van der Waals surface area contributed by atoms with E-state index in [4.69, 9.17) is 4.74 Å². The van der Waals surface area contributed by atoms with Crippen LogP contribution in [0.4, 0.5) is 9.18 Å². The van der Waals surface area contributed by atoms with E-state index in [0.717, 1.165) is 0 Å². The molecule has 0 unspecified atom stereocenters. The molecule has 8 heteroatoms. The van der Waals surface area contributed by atoms with Crippen molar-refractivity contribution < 1.29 is 23.5 Å². The summed E-state index contributed by atoms with van der Waals surface area (Å²) in [6, 6.07) is -0.368. The van der Waals surface area contributed by atoms with Gasteiger partial charge in [0, 0.05) is 39.0 Å². The number of likely N-dealkylation sites (N-methyl/N-ethyl adjacent to an activating group) is 1. The molecule has 0 aromatic heterocycles. The van der Waals surface area contributed by atoms with E-state index in [9.17, 15) is 18.8 Å². The van der Waals surface area contributed by atoms with E-state index in [1.807, 2.05) is 0 Å². The number of likely N-dealkylation sites (tertiary alicyclic amines) is 2. The van der Waals surface area contributed by atoms with Crippen molar-refractivity contribution in [2.24, 2.45) is 5.92 Å². The summed E-state index contributed by atoms with van der Waals surface area (Å²) in [5.41, 5.74) is -0.615. The molecule has 0 aromatic rings. The molecule has 2 aliphatic heterocycles. The summed E-state index contributed by atoms with van der Waals surface area (Å²) < 4.78 is 19.4. The van der Waals surface area contributed by atoms with Crippen LogP contribution in [0.3, 0.4) is 0 Å². The highest BCUT2D eigenvalue weighted by Gasteiger charge is 2.40. The molecule has 2 aliphatic rings. The van der Waals surface area contributed by atoms with Crippen LogP contribution in [-0.2, 0) is 14.3 Å². The van der Waals surface area contributed by atoms with Crippen LogP contribution in [0.25, 0.3) is 0 Å². The molecule has 0 saturated carbocycles. The average molecular weight is 397 g/mol. The Kier molecular flexibility index (Phi) is 7.06. The van der Waals surface area contributed by atoms with Crippen LogP contribution in [0, 0.1) is 5.92 Å². The third-order valence-corrected chi connectivity index (χ3v) is 5.17. The van der Waals surface area contributed by atoms with Crippen molar-refractivity contribution >= 4 is 17.9 Å². The van der Waals surface area contributed by atoms with Crippen molar-refractivity contribution in [1.29, 1.82) is 0 Å². The second-order valence-corrected chi connectivity index (χ2v) is 8.64. The van der Waals surface area contributed by atoms with E-state index in [1.54, 1.807) is 37.6 Å². The highest BCUT2D eigenvalue weighted by Crippen LogP contribution is 2.27. The van der Waals surface area contributed by atoms with Crippen molar-refractivity contribution in [2.75, 3.05) is 33.2 Å². The zero-order chi connectivity index (χ0) is 21.1. The molecule has 0 bridgehead atoms. The number of amides is 3. The van der Waals surface area contributed by atoms with Crippen LogP contribution in [-0.4, -0.2) is 83.6 Å². The molecule has 2 saturated heterocycles. The van der Waals surface area contributed by atoms with Crippen LogP contribution in [0.1, 0.15) is 40.0 Å². The third kappa shape index (κ3) is 5.69. The van der Waals surface area contributed by atoms with E-state index in [1.165, 1.54) is 11.0 Å². The van der Waals surface area contributed by atoms with Crippen LogP contribution in [0.5, 0.6) is 0 Å². The number of ether oxygens (including phenoxy) is 1. The van der Waals surface area contributed by atoms with Crippen molar-refractivity contribution in [3.8, 4) is 0 Å². The van der Waals surface area contributed by atoms with E-state index in [2.05, 4.69) is 6.58 Å². The molecule has 7 nitrogen and oxygen atoms in total. The Labute approximate surface area is 166 Å². The van der Waals surface area contributed by atoms with Gasteiger partial charge in [-0.2, -0.15) is 0 Å². The summed E-state index contributed by atoms with van der Waals surface area (Å²) in [5.74, 6) is -0.449. The quantitative estimate of drug-likeness (QED) is 0.682. The van der Waals surface area contributed by atoms with Crippen LogP contribution in [0.2, 0.25) is 0 Å². The molecular formula is C20H32FN3O4. The van der Waals surface area contributed by atoms with Crippen molar-refractivity contribution in [2.45, 2.75) is 57.8 Å². The molecule has 2 fully saturated rings. The Morgan fingerprint density at radius 2 is 1.86 bits per heavy atom. The highest BCUT2D eigenvalue weighted by molar-refractivity contribution is 5.87. The van der Waals surface area contributed by atoms with Gasteiger partial charge in [-0.25, -0.2) is 9.18 Å². The Morgan fingerprint density at radius 1 is 1.25 bits per heavy atom. The van der Waals surface area contributed by atoms with Gasteiger partial charge in [0.25, 0.3) is 0 Å². The summed E-state index contributed by atoms with van der Waals surface area (Å²) >= 11 is 0. The SMILES string of the molecule is C=CC(=O)N1CCC(C(=O)N2C[C@@H](F)C[C@H]2CN(C)C(=O)OC(C)(C)C)CC1. The minimum atomic E-state index is -1.09. The zero-order valence-electron chi connectivity index (χ0n) is 17.3. The summed E-state index contributed by atoms with van der Waals surface area (Å²) in [5, 5.41) is 0. The van der Waals surface area contributed by atoms with Gasteiger partial charge in [-0.1, -0.05) is 6.58 Å². The second kappa shape index (κ2) is 8.92. The number of piperidine rings is 1. The highest BCUT2D eigenvalue weighted by atomic mass is 19.1. The first-order valence-corrected chi connectivity index (χ1v) is 9.82. The number of alkyl halides is 1. The number of hydrogen-bond donors (Lipinski definition) is 0. The maximum Gasteiger partial charge on any atom is 0.410 e. The third-order valence-electron chi connectivity index (χ3n) is 5.17. The van der Waals surface area contributed by atoms with Crippen molar-refractivity contribution in [3.05, 3.63) is 12.7 Å². The largest absolute Gasteiger partial charge is 0.444 e. The van der Waals surface area contributed by atoms with Gasteiger partial charge in [-0.3, -0.25) is 9.59 Å². The smallest absolute Gasteiger partial charge is 0.410 e. The molecule has 3 amide bonds. The lowest BCUT2D eigenvalue weighted by molar-refractivity contribution is -0.140. The molecule has 0 radical (unpaired) electrons. The number of halogens is 1. The molecule has 2 atom stereocenters. The van der Waals surface area contributed by atoms with Gasteiger partial charge in [0.1, 0.15) is 11.8 Å². The minimum Gasteiger partial charge on any atom is -0.444 e. The van der Waals surface area contributed by atoms with Crippen LogP contribution in [0.15, 0.2) is 12.7 Å². The van der Waals surface area contributed by atoms with Crippen molar-refractivity contribution in [1.82, 2.24) is 14.7 Å². The van der Waals surface area contributed by atoms with Gasteiger partial charge >= 0.3 is 6.09 Å². The summed E-state index contributed by atoms with van der Waals surface area (Å²) in [6.45, 7) is 10.1. The summed E-state index contributed by atoms with van der Waals surface area (Å²) in [7, 11) is 1.60. The predicted octanol–water partition coefficient (Wildman–Crippen LogP) is 2.22. The Hall–Kier alpha value is -2.12. The molecule has 0 spiro atoms. The van der Waals surface area contributed by atoms with Gasteiger partial charge < -0.3 is 19.4 Å². The van der Waals surface area contributed by atoms with E-state index in [-0.39, 0.29) is 43.3 Å². The van der Waals surface area contributed by atoms with Crippen LogP contribution < -0.4 is 0 Å². The van der Waals surface area contributed by atoms with E-state index < -0.39 is 17.9 Å². The Morgan fingerprint density at radius 3 is 2.39 bits per heavy atom. The molecule has 0 aromatic carbocycles. The zero-order valence-corrected chi connectivity index (χ0v) is 17.3. The molecule has 0 N–H and O–H groups in total. The van der Waals surface area contributed by atoms with E-state index >= 15 is 0 Å². The fraction of sp³-hybridized carbons (Fsp3) is 0.750. The molecule has 2 heterocycles. The fourth-order valence-corrected chi connectivity index (χ4v) is 3.74. The Balaban J connectivity index is 1.96. The number of nitrogens with zero attached hydrogens (tertiary/aromatic N) is 3. The van der Waals surface area contributed by atoms with Crippen LogP contribution >= 0.6 is 0 Å². The molecule has 2 rings (SSSR count). The fourth-order valence-electron chi connectivity index (χ4n) is 3.74. The first-order valence-electron chi connectivity index (χ1n) is 9.82.